The Labute approximate surface area is 163 Å². The third-order valence-corrected chi connectivity index (χ3v) is 5.40. The van der Waals surface area contributed by atoms with E-state index in [1.54, 1.807) is 13.1 Å². The molecule has 1 amide bonds. The van der Waals surface area contributed by atoms with Gasteiger partial charge in [-0.3, -0.25) is 4.79 Å². The Morgan fingerprint density at radius 2 is 2.19 bits per heavy atom. The monoisotopic (exact) mass is 383 g/mol. The molecule has 1 unspecified atom stereocenters. The predicted molar refractivity (Wildman–Crippen MR) is 108 cm³/mol. The second-order valence-corrected chi connectivity index (χ2v) is 7.10. The molecule has 1 aromatic heterocycles. The molecule has 1 saturated heterocycles. The number of carbonyl (C=O) groups is 1. The Morgan fingerprint density at radius 1 is 1.33 bits per heavy atom. The highest BCUT2D eigenvalue weighted by molar-refractivity contribution is 6.31. The topological polar surface area (TPSA) is 62.2 Å². The van der Waals surface area contributed by atoms with Gasteiger partial charge in [0.05, 0.1) is 17.1 Å². The molecule has 6 nitrogen and oxygen atoms in total. The molecule has 1 fully saturated rings. The maximum Gasteiger partial charge on any atom is 0.251 e. The number of carbonyl (C=O) groups excluding carboxylic acids is 1. The second kappa shape index (κ2) is 7.58. The molecule has 27 heavy (non-hydrogen) atoms. The largest absolute Gasteiger partial charge is 0.355 e. The van der Waals surface area contributed by atoms with E-state index in [0.717, 1.165) is 47.7 Å². The van der Waals surface area contributed by atoms with Crippen molar-refractivity contribution in [1.29, 1.82) is 0 Å². The lowest BCUT2D eigenvalue weighted by atomic mass is 10.0. The van der Waals surface area contributed by atoms with Crippen LogP contribution in [-0.4, -0.2) is 48.3 Å². The molecule has 0 radical (unpaired) electrons. The number of piperazine rings is 1. The molecule has 0 aliphatic carbocycles. The van der Waals surface area contributed by atoms with E-state index in [1.807, 2.05) is 36.7 Å². The summed E-state index contributed by atoms with van der Waals surface area (Å²) in [7, 11) is 1.64. The molecule has 2 heterocycles. The van der Waals surface area contributed by atoms with Crippen LogP contribution < -0.4 is 15.6 Å². The SMILES string of the molecule is CNC(=O)c1ccc2ncn(N3CCNCC3Cc3ccccc3Cl)c2c1. The average molecular weight is 384 g/mol. The van der Waals surface area contributed by atoms with Gasteiger partial charge >= 0.3 is 0 Å². The van der Waals surface area contributed by atoms with Crippen molar-refractivity contribution in [2.75, 3.05) is 31.7 Å². The zero-order valence-corrected chi connectivity index (χ0v) is 15.9. The zero-order valence-electron chi connectivity index (χ0n) is 15.2. The van der Waals surface area contributed by atoms with E-state index in [1.165, 1.54) is 0 Å². The number of rotatable bonds is 4. The Balaban J connectivity index is 1.69. The van der Waals surface area contributed by atoms with Gasteiger partial charge in [0.2, 0.25) is 0 Å². The van der Waals surface area contributed by atoms with Crippen molar-refractivity contribution in [1.82, 2.24) is 20.3 Å². The number of halogens is 1. The van der Waals surface area contributed by atoms with E-state index >= 15 is 0 Å². The Morgan fingerprint density at radius 3 is 3.00 bits per heavy atom. The van der Waals surface area contributed by atoms with Crippen molar-refractivity contribution in [3.8, 4) is 0 Å². The van der Waals surface area contributed by atoms with Crippen LogP contribution in [0.2, 0.25) is 5.02 Å². The maximum atomic E-state index is 12.0. The van der Waals surface area contributed by atoms with E-state index in [0.29, 0.717) is 5.56 Å². The summed E-state index contributed by atoms with van der Waals surface area (Å²) in [5.74, 6) is -0.0995. The molecule has 1 atom stereocenters. The standard InChI is InChI=1S/C20H22ClN5O/c1-22-20(27)15-6-7-18-19(11-15)26(13-24-18)25-9-8-23-12-16(25)10-14-4-2-3-5-17(14)21/h2-7,11,13,16,23H,8-10,12H2,1H3,(H,22,27). The number of nitrogens with zero attached hydrogens (tertiary/aromatic N) is 3. The molecule has 7 heteroatoms. The highest BCUT2D eigenvalue weighted by Crippen LogP contribution is 2.21. The molecule has 1 aliphatic heterocycles. The summed E-state index contributed by atoms with van der Waals surface area (Å²) < 4.78 is 2.07. The Bertz CT molecular complexity index is 970. The number of amides is 1. The predicted octanol–water partition coefficient (Wildman–Crippen LogP) is 2.20. The molecular weight excluding hydrogens is 362 g/mol. The summed E-state index contributed by atoms with van der Waals surface area (Å²) in [6.07, 6.45) is 2.67. The van der Waals surface area contributed by atoms with E-state index < -0.39 is 0 Å². The minimum absolute atomic E-state index is 0.0995. The first-order chi connectivity index (χ1) is 13.2. The lowest BCUT2D eigenvalue weighted by Crippen LogP contribution is -2.57. The molecule has 0 bridgehead atoms. The van der Waals surface area contributed by atoms with Crippen LogP contribution in [0.5, 0.6) is 0 Å². The number of aromatic nitrogens is 2. The van der Waals surface area contributed by atoms with Crippen LogP contribution in [0.4, 0.5) is 0 Å². The number of nitrogens with one attached hydrogen (secondary N) is 2. The van der Waals surface area contributed by atoms with Gasteiger partial charge in [0.25, 0.3) is 5.91 Å². The van der Waals surface area contributed by atoms with Gasteiger partial charge in [-0.1, -0.05) is 29.8 Å². The fourth-order valence-corrected chi connectivity index (χ4v) is 3.83. The van der Waals surface area contributed by atoms with Crippen LogP contribution in [0.25, 0.3) is 11.0 Å². The third kappa shape index (κ3) is 3.50. The van der Waals surface area contributed by atoms with Gasteiger partial charge in [-0.25, -0.2) is 9.66 Å². The van der Waals surface area contributed by atoms with E-state index in [9.17, 15) is 4.79 Å². The molecule has 1 aliphatic rings. The van der Waals surface area contributed by atoms with Crippen molar-refractivity contribution in [2.24, 2.45) is 0 Å². The van der Waals surface area contributed by atoms with Gasteiger partial charge in [0.1, 0.15) is 6.33 Å². The summed E-state index contributed by atoms with van der Waals surface area (Å²) >= 11 is 6.38. The summed E-state index contributed by atoms with van der Waals surface area (Å²) in [4.78, 5) is 16.6. The molecule has 0 saturated carbocycles. The summed E-state index contributed by atoms with van der Waals surface area (Å²) in [5.41, 5.74) is 3.57. The normalized spacial score (nSPS) is 17.3. The fourth-order valence-electron chi connectivity index (χ4n) is 3.61. The smallest absolute Gasteiger partial charge is 0.251 e. The molecule has 4 rings (SSSR count). The molecule has 140 valence electrons. The second-order valence-electron chi connectivity index (χ2n) is 6.69. The van der Waals surface area contributed by atoms with Crippen molar-refractivity contribution in [3.05, 3.63) is 64.9 Å². The quantitative estimate of drug-likeness (QED) is 0.725. The number of hydrogen-bond acceptors (Lipinski definition) is 4. The zero-order chi connectivity index (χ0) is 18.8. The summed E-state index contributed by atoms with van der Waals surface area (Å²) in [6.45, 7) is 2.61. The van der Waals surface area contributed by atoms with Crippen LogP contribution in [0, 0.1) is 0 Å². The number of hydrogen-bond donors (Lipinski definition) is 2. The lowest BCUT2D eigenvalue weighted by molar-refractivity contribution is 0.0963. The van der Waals surface area contributed by atoms with Gasteiger partial charge < -0.3 is 15.6 Å². The van der Waals surface area contributed by atoms with Crippen molar-refractivity contribution < 1.29 is 4.79 Å². The average Bonchev–Trinajstić information content (AvgIpc) is 3.12. The van der Waals surface area contributed by atoms with Crippen molar-refractivity contribution in [3.63, 3.8) is 0 Å². The van der Waals surface area contributed by atoms with Crippen LogP contribution in [-0.2, 0) is 6.42 Å². The molecule has 2 aromatic carbocycles. The van der Waals surface area contributed by atoms with Gasteiger partial charge in [0, 0.05) is 37.3 Å². The number of fused-ring (bicyclic) bond motifs is 1. The summed E-state index contributed by atoms with van der Waals surface area (Å²) in [5, 5.41) is 9.25. The van der Waals surface area contributed by atoms with Crippen LogP contribution >= 0.6 is 11.6 Å². The Kier molecular flexibility index (Phi) is 5.01. The lowest BCUT2D eigenvalue weighted by Gasteiger charge is -2.38. The van der Waals surface area contributed by atoms with Crippen molar-refractivity contribution >= 4 is 28.5 Å². The number of imidazole rings is 1. The van der Waals surface area contributed by atoms with Gasteiger partial charge in [-0.15, -0.1) is 0 Å². The van der Waals surface area contributed by atoms with Crippen LogP contribution in [0.3, 0.4) is 0 Å². The molecule has 2 N–H and O–H groups in total. The van der Waals surface area contributed by atoms with E-state index in [2.05, 4.69) is 31.4 Å². The molecule has 3 aromatic rings. The van der Waals surface area contributed by atoms with Gasteiger partial charge in [-0.2, -0.15) is 0 Å². The first-order valence-corrected chi connectivity index (χ1v) is 9.45. The van der Waals surface area contributed by atoms with Crippen LogP contribution in [0.1, 0.15) is 15.9 Å². The molecular formula is C20H22ClN5O. The fraction of sp³-hybridized carbons (Fsp3) is 0.300. The highest BCUT2D eigenvalue weighted by atomic mass is 35.5. The van der Waals surface area contributed by atoms with Crippen LogP contribution in [0.15, 0.2) is 48.8 Å². The van der Waals surface area contributed by atoms with E-state index in [-0.39, 0.29) is 11.9 Å². The van der Waals surface area contributed by atoms with Gasteiger partial charge in [-0.05, 0) is 36.2 Å². The first-order valence-electron chi connectivity index (χ1n) is 9.07. The first kappa shape index (κ1) is 17.8. The highest BCUT2D eigenvalue weighted by Gasteiger charge is 2.25. The minimum atomic E-state index is -0.0995. The Hall–Kier alpha value is -2.57. The third-order valence-electron chi connectivity index (χ3n) is 5.03. The van der Waals surface area contributed by atoms with Crippen molar-refractivity contribution in [2.45, 2.75) is 12.5 Å². The van der Waals surface area contributed by atoms with E-state index in [4.69, 9.17) is 11.6 Å². The minimum Gasteiger partial charge on any atom is -0.355 e. The summed E-state index contributed by atoms with van der Waals surface area (Å²) in [6, 6.07) is 13.8. The van der Waals surface area contributed by atoms with Gasteiger partial charge in [0.15, 0.2) is 0 Å². The molecule has 0 spiro atoms. The number of benzene rings is 2. The maximum absolute atomic E-state index is 12.0.